The maximum absolute atomic E-state index is 11.7. The summed E-state index contributed by atoms with van der Waals surface area (Å²) < 4.78 is 21.2. The molecule has 3 rings (SSSR count). The molecular formula is C13H14O5. The Morgan fingerprint density at radius 1 is 1.22 bits per heavy atom. The zero-order valence-corrected chi connectivity index (χ0v) is 9.94. The number of hydrogen-bond donors (Lipinski definition) is 0. The number of esters is 1. The molecule has 0 N–H and O–H groups in total. The number of carbonyl (C=O) groups excluding carboxylic acids is 1. The van der Waals surface area contributed by atoms with Gasteiger partial charge in [0, 0.05) is 7.11 Å². The van der Waals surface area contributed by atoms with Crippen LogP contribution in [0.2, 0.25) is 0 Å². The molecule has 2 heterocycles. The molecule has 2 saturated heterocycles. The van der Waals surface area contributed by atoms with Gasteiger partial charge in [-0.05, 0) is 12.1 Å². The zero-order valence-electron chi connectivity index (χ0n) is 9.94. The minimum absolute atomic E-state index is 0.00137. The van der Waals surface area contributed by atoms with E-state index >= 15 is 0 Å². The van der Waals surface area contributed by atoms with E-state index in [0.29, 0.717) is 5.56 Å². The Balaban J connectivity index is 1.52. The van der Waals surface area contributed by atoms with E-state index in [1.54, 1.807) is 31.4 Å². The summed E-state index contributed by atoms with van der Waals surface area (Å²) in [4.78, 5) is 11.7. The van der Waals surface area contributed by atoms with Gasteiger partial charge in [-0.2, -0.15) is 0 Å². The SMILES string of the molecule is CO[C@H]1O[C@H](COC(=O)c2ccccc2)[C@@H]2O[C@H]12. The molecular weight excluding hydrogens is 236 g/mol. The predicted molar refractivity (Wildman–Crippen MR) is 61.1 cm³/mol. The van der Waals surface area contributed by atoms with Gasteiger partial charge < -0.3 is 18.9 Å². The van der Waals surface area contributed by atoms with Crippen LogP contribution in [0.15, 0.2) is 30.3 Å². The highest BCUT2D eigenvalue weighted by Gasteiger charge is 2.58. The van der Waals surface area contributed by atoms with E-state index in [1.165, 1.54) is 0 Å². The van der Waals surface area contributed by atoms with Gasteiger partial charge in [0.15, 0.2) is 6.29 Å². The molecule has 4 atom stereocenters. The molecule has 0 spiro atoms. The summed E-state index contributed by atoms with van der Waals surface area (Å²) in [6.07, 6.45) is -0.572. The molecule has 0 aliphatic carbocycles. The van der Waals surface area contributed by atoms with Crippen molar-refractivity contribution in [2.24, 2.45) is 0 Å². The first-order valence-corrected chi connectivity index (χ1v) is 5.85. The van der Waals surface area contributed by atoms with Gasteiger partial charge in [0.05, 0.1) is 5.56 Å². The first-order valence-electron chi connectivity index (χ1n) is 5.85. The van der Waals surface area contributed by atoms with Crippen LogP contribution in [0.4, 0.5) is 0 Å². The third-order valence-corrected chi connectivity index (χ3v) is 3.13. The Bertz CT molecular complexity index is 432. The van der Waals surface area contributed by atoms with Crippen LogP contribution in [-0.4, -0.2) is 44.3 Å². The average molecular weight is 250 g/mol. The van der Waals surface area contributed by atoms with E-state index in [2.05, 4.69) is 0 Å². The summed E-state index contributed by atoms with van der Waals surface area (Å²) in [6.45, 7) is 0.189. The van der Waals surface area contributed by atoms with E-state index in [-0.39, 0.29) is 37.2 Å². The third kappa shape index (κ3) is 2.12. The summed E-state index contributed by atoms with van der Waals surface area (Å²) in [6, 6.07) is 8.87. The topological polar surface area (TPSA) is 57.3 Å². The first kappa shape index (κ1) is 11.6. The van der Waals surface area contributed by atoms with Gasteiger partial charge in [0.25, 0.3) is 0 Å². The maximum atomic E-state index is 11.7. The average Bonchev–Trinajstić information content (AvgIpc) is 3.14. The molecule has 2 aliphatic rings. The minimum Gasteiger partial charge on any atom is -0.459 e. The standard InChI is InChI=1S/C13H14O5/c1-15-13-11-10(18-11)9(17-13)7-16-12(14)8-5-3-2-4-6-8/h2-6,9-11,13H,7H2,1H3/t9-,10+,11+,13+/m1/s1. The Kier molecular flexibility index (Phi) is 3.03. The lowest BCUT2D eigenvalue weighted by atomic mass is 10.2. The number of carbonyl (C=O) groups is 1. The van der Waals surface area contributed by atoms with Crippen molar-refractivity contribution in [2.45, 2.75) is 24.6 Å². The van der Waals surface area contributed by atoms with Crippen molar-refractivity contribution in [3.05, 3.63) is 35.9 Å². The number of fused-ring (bicyclic) bond motifs is 1. The van der Waals surface area contributed by atoms with Gasteiger partial charge in [0.2, 0.25) is 0 Å². The van der Waals surface area contributed by atoms with Crippen LogP contribution in [-0.2, 0) is 18.9 Å². The summed E-state index contributed by atoms with van der Waals surface area (Å²) in [5, 5.41) is 0. The smallest absolute Gasteiger partial charge is 0.338 e. The second-order valence-electron chi connectivity index (χ2n) is 4.31. The summed E-state index contributed by atoms with van der Waals surface area (Å²) in [5.41, 5.74) is 0.534. The fraction of sp³-hybridized carbons (Fsp3) is 0.462. The monoisotopic (exact) mass is 250 g/mol. The quantitative estimate of drug-likeness (QED) is 0.589. The molecule has 18 heavy (non-hydrogen) atoms. The largest absolute Gasteiger partial charge is 0.459 e. The molecule has 1 aromatic rings. The summed E-state index contributed by atoms with van der Waals surface area (Å²) in [7, 11) is 1.57. The molecule has 2 aliphatic heterocycles. The lowest BCUT2D eigenvalue weighted by Crippen LogP contribution is -2.26. The van der Waals surface area contributed by atoms with Gasteiger partial charge in [-0.3, -0.25) is 0 Å². The number of ether oxygens (including phenoxy) is 4. The van der Waals surface area contributed by atoms with Crippen LogP contribution >= 0.6 is 0 Å². The molecule has 2 fully saturated rings. The van der Waals surface area contributed by atoms with Gasteiger partial charge >= 0.3 is 5.97 Å². The highest BCUT2D eigenvalue weighted by Crippen LogP contribution is 2.39. The van der Waals surface area contributed by atoms with Gasteiger partial charge in [0.1, 0.15) is 24.9 Å². The van der Waals surface area contributed by atoms with E-state index in [0.717, 1.165) is 0 Å². The normalized spacial score (nSPS) is 32.9. The lowest BCUT2D eigenvalue weighted by Gasteiger charge is -2.16. The zero-order chi connectivity index (χ0) is 12.5. The third-order valence-electron chi connectivity index (χ3n) is 3.13. The highest BCUT2D eigenvalue weighted by molar-refractivity contribution is 5.89. The van der Waals surface area contributed by atoms with Crippen molar-refractivity contribution >= 4 is 5.97 Å². The van der Waals surface area contributed by atoms with Crippen molar-refractivity contribution in [3.63, 3.8) is 0 Å². The first-order chi connectivity index (χ1) is 8.79. The predicted octanol–water partition coefficient (Wildman–Crippen LogP) is 0.982. The molecule has 0 aromatic heterocycles. The van der Waals surface area contributed by atoms with Gasteiger partial charge in [-0.25, -0.2) is 4.79 Å². The Morgan fingerprint density at radius 2 is 2.00 bits per heavy atom. The van der Waals surface area contributed by atoms with Gasteiger partial charge in [-0.1, -0.05) is 18.2 Å². The molecule has 0 radical (unpaired) electrons. The number of hydrogen-bond acceptors (Lipinski definition) is 5. The summed E-state index contributed by atoms with van der Waals surface area (Å²) >= 11 is 0. The van der Waals surface area contributed by atoms with E-state index in [9.17, 15) is 4.79 Å². The molecule has 0 unspecified atom stereocenters. The second kappa shape index (κ2) is 4.68. The Labute approximate surface area is 105 Å². The summed E-state index contributed by atoms with van der Waals surface area (Å²) in [5.74, 6) is -0.350. The lowest BCUT2D eigenvalue weighted by molar-refractivity contribution is -0.166. The number of epoxide rings is 1. The number of methoxy groups -OCH3 is 1. The molecule has 5 heteroatoms. The molecule has 5 nitrogen and oxygen atoms in total. The Hall–Kier alpha value is -1.43. The minimum atomic E-state index is -0.350. The maximum Gasteiger partial charge on any atom is 0.338 e. The van der Waals surface area contributed by atoms with Crippen LogP contribution in [0.25, 0.3) is 0 Å². The molecule has 1 aromatic carbocycles. The van der Waals surface area contributed by atoms with Crippen molar-refractivity contribution in [2.75, 3.05) is 13.7 Å². The number of benzene rings is 1. The fourth-order valence-electron chi connectivity index (χ4n) is 2.12. The highest BCUT2D eigenvalue weighted by atomic mass is 16.8. The van der Waals surface area contributed by atoms with E-state index in [4.69, 9.17) is 18.9 Å². The molecule has 96 valence electrons. The van der Waals surface area contributed by atoms with E-state index in [1.807, 2.05) is 6.07 Å². The fourth-order valence-corrected chi connectivity index (χ4v) is 2.12. The van der Waals surface area contributed by atoms with Crippen molar-refractivity contribution in [1.29, 1.82) is 0 Å². The van der Waals surface area contributed by atoms with Crippen LogP contribution < -0.4 is 0 Å². The molecule has 0 bridgehead atoms. The van der Waals surface area contributed by atoms with E-state index < -0.39 is 0 Å². The van der Waals surface area contributed by atoms with Crippen LogP contribution in [0, 0.1) is 0 Å². The Morgan fingerprint density at radius 3 is 2.67 bits per heavy atom. The molecule has 0 amide bonds. The van der Waals surface area contributed by atoms with Crippen LogP contribution in [0.3, 0.4) is 0 Å². The van der Waals surface area contributed by atoms with Crippen molar-refractivity contribution < 1.29 is 23.7 Å². The van der Waals surface area contributed by atoms with Crippen LogP contribution in [0.1, 0.15) is 10.4 Å². The molecule has 0 saturated carbocycles. The van der Waals surface area contributed by atoms with Gasteiger partial charge in [-0.15, -0.1) is 0 Å². The number of rotatable bonds is 4. The second-order valence-corrected chi connectivity index (χ2v) is 4.31. The van der Waals surface area contributed by atoms with Crippen molar-refractivity contribution in [3.8, 4) is 0 Å². The van der Waals surface area contributed by atoms with Crippen molar-refractivity contribution in [1.82, 2.24) is 0 Å². The van der Waals surface area contributed by atoms with Crippen LogP contribution in [0.5, 0.6) is 0 Å².